The predicted octanol–water partition coefficient (Wildman–Crippen LogP) is 5.95. The van der Waals surface area contributed by atoms with Crippen molar-refractivity contribution < 1.29 is 77.1 Å². The molecule has 0 bridgehead atoms. The number of fused-ring (bicyclic) bond motifs is 1. The Labute approximate surface area is 251 Å². The van der Waals surface area contributed by atoms with Gasteiger partial charge in [0.2, 0.25) is 0 Å². The smallest absolute Gasteiger partial charge is 0.270 e. The molecule has 1 aliphatic heterocycles. The minimum Gasteiger partial charge on any atom is -0.358 e. The molecule has 1 amide bonds. The van der Waals surface area contributed by atoms with Gasteiger partial charge in [0.1, 0.15) is 5.69 Å². The summed E-state index contributed by atoms with van der Waals surface area (Å²) >= 11 is 0. The standard InChI is InChI=1S/C15H15N2O2.C6H5.2C2H6.CH3.V.W.Y/c18-14-10-13(15(19)17-8-4-1-5-9-17)16-12-7-3-2-6-11(12)14;1-2-4-6-5-3-1;2*1-2;;;;/h1-3,6-7,10H,4-5,8-9H2,(H,16,18);1-5H;2*1-2H3;1H3;;;/q2*-1;;;-1;;;. The second-order valence-electron chi connectivity index (χ2n) is 5.83. The van der Waals surface area contributed by atoms with Crippen LogP contribution in [0.5, 0.6) is 0 Å². The van der Waals surface area contributed by atoms with Crippen LogP contribution in [0.15, 0.2) is 65.5 Å². The van der Waals surface area contributed by atoms with Gasteiger partial charge in [0, 0.05) is 89.3 Å². The molecule has 1 N–H and O–H groups in total. The summed E-state index contributed by atoms with van der Waals surface area (Å²) in [6.07, 6.45) is 4.03. The number of H-pyrrole nitrogens is 1. The molecule has 2 radical (unpaired) electrons. The van der Waals surface area contributed by atoms with Crippen LogP contribution in [0.4, 0.5) is 0 Å². The van der Waals surface area contributed by atoms with Crippen LogP contribution in [-0.4, -0.2) is 28.9 Å². The summed E-state index contributed by atoms with van der Waals surface area (Å²) in [5, 5.41) is 0.617. The Balaban J connectivity index is -0.000000259. The molecule has 4 rings (SSSR count). The minimum atomic E-state index is -0.110. The minimum absolute atomic E-state index is 0. The Bertz CT molecular complexity index is 875. The number of carbonyl (C=O) groups is 1. The molecular weight excluding hydrogens is 696 g/mol. The zero-order valence-corrected chi connectivity index (χ0v) is 27.5. The Morgan fingerprint density at radius 1 is 0.970 bits per heavy atom. The van der Waals surface area contributed by atoms with Crippen LogP contribution in [0, 0.1) is 19.9 Å². The van der Waals surface area contributed by atoms with Gasteiger partial charge in [-0.2, -0.15) is 49.2 Å². The third-order valence-electron chi connectivity index (χ3n) is 4.07. The van der Waals surface area contributed by atoms with E-state index < -0.39 is 0 Å². The molecule has 33 heavy (non-hydrogen) atoms. The maximum absolute atomic E-state index is 12.3. The number of para-hydroxylation sites is 1. The normalized spacial score (nSPS) is 10.8. The quantitative estimate of drug-likeness (QED) is 0.315. The zero-order chi connectivity index (χ0) is 21.5. The molecule has 1 aromatic heterocycles. The van der Waals surface area contributed by atoms with Crippen molar-refractivity contribution in [2.45, 2.75) is 40.5 Å². The maximum atomic E-state index is 12.3. The first kappa shape index (κ1) is 39.7. The third kappa shape index (κ3) is 13.8. The molecule has 178 valence electrons. The fraction of sp³-hybridized carbons (Fsp3) is 0.308. The fourth-order valence-corrected chi connectivity index (χ4v) is 2.78. The number of aromatic amines is 1. The average molecular weight is 731 g/mol. The Kier molecular flexibility index (Phi) is 29.6. The van der Waals surface area contributed by atoms with Gasteiger partial charge in [-0.15, -0.1) is 0 Å². The van der Waals surface area contributed by atoms with Crippen LogP contribution in [0.3, 0.4) is 0 Å². The van der Waals surface area contributed by atoms with E-state index >= 15 is 0 Å². The van der Waals surface area contributed by atoms with E-state index in [4.69, 9.17) is 0 Å². The molecule has 4 nitrogen and oxygen atoms in total. The van der Waals surface area contributed by atoms with Crippen LogP contribution >= 0.6 is 0 Å². The number of hydrogen-bond donors (Lipinski definition) is 1. The van der Waals surface area contributed by atoms with E-state index in [0.29, 0.717) is 16.6 Å². The van der Waals surface area contributed by atoms with E-state index in [2.05, 4.69) is 17.5 Å². The molecule has 2 aromatic carbocycles. The molecule has 3 aromatic rings. The topological polar surface area (TPSA) is 53.2 Å². The van der Waals surface area contributed by atoms with Crippen molar-refractivity contribution in [1.29, 1.82) is 0 Å². The number of benzene rings is 2. The van der Waals surface area contributed by atoms with Crippen LogP contribution in [0.1, 0.15) is 51.0 Å². The van der Waals surface area contributed by atoms with Crippen molar-refractivity contribution in [3.05, 3.63) is 96.5 Å². The fourth-order valence-electron chi connectivity index (χ4n) is 2.78. The second-order valence-corrected chi connectivity index (χ2v) is 5.83. The molecule has 0 spiro atoms. The molecule has 0 aliphatic carbocycles. The number of aromatic nitrogens is 1. The summed E-state index contributed by atoms with van der Waals surface area (Å²) in [6, 6.07) is 21.2. The summed E-state index contributed by atoms with van der Waals surface area (Å²) in [5.41, 5.74) is 0.980. The second kappa shape index (κ2) is 24.6. The van der Waals surface area contributed by atoms with Crippen molar-refractivity contribution in [2.24, 2.45) is 0 Å². The number of nitrogens with one attached hydrogen (secondary N) is 1. The molecular formula is C26H35N2O2VWY-3. The number of pyridine rings is 1. The number of hydrogen-bond acceptors (Lipinski definition) is 2. The maximum Gasteiger partial charge on any atom is 0.270 e. The number of carbonyl (C=O) groups excluding carboxylic acids is 1. The monoisotopic (exact) mass is 731 g/mol. The SMILES string of the molecule is CC.CC.O=C(c1cc(=O)c2ccccc2[nH]1)N1CC[CH-]CC1.[CH3-].[V].[W].[Y].[c-]1ccccc1. The zero-order valence-electron chi connectivity index (χ0n) is 20.4. The summed E-state index contributed by atoms with van der Waals surface area (Å²) in [6.45, 7) is 9.46. The number of nitrogens with zero attached hydrogens (tertiary/aromatic N) is 1. The molecule has 0 saturated carbocycles. The third-order valence-corrected chi connectivity index (χ3v) is 4.07. The van der Waals surface area contributed by atoms with Gasteiger partial charge >= 0.3 is 0 Å². The number of amides is 1. The summed E-state index contributed by atoms with van der Waals surface area (Å²) in [4.78, 5) is 29.2. The molecule has 1 aliphatic rings. The largest absolute Gasteiger partial charge is 0.358 e. The first-order valence-electron chi connectivity index (χ1n) is 10.4. The summed E-state index contributed by atoms with van der Waals surface area (Å²) in [7, 11) is 0. The van der Waals surface area contributed by atoms with Crippen molar-refractivity contribution in [3.63, 3.8) is 0 Å². The van der Waals surface area contributed by atoms with E-state index in [9.17, 15) is 9.59 Å². The van der Waals surface area contributed by atoms with Gasteiger partial charge in [0.25, 0.3) is 5.91 Å². The molecule has 7 heteroatoms. The summed E-state index contributed by atoms with van der Waals surface area (Å²) < 4.78 is 0. The first-order chi connectivity index (χ1) is 14.3. The van der Waals surface area contributed by atoms with Gasteiger partial charge in [0.15, 0.2) is 5.43 Å². The van der Waals surface area contributed by atoms with Gasteiger partial charge in [-0.1, -0.05) is 39.8 Å². The van der Waals surface area contributed by atoms with E-state index in [1.807, 2.05) is 76.2 Å². The predicted molar refractivity (Wildman–Crippen MR) is 128 cm³/mol. The molecule has 2 heterocycles. The van der Waals surface area contributed by atoms with E-state index in [0.717, 1.165) is 25.9 Å². The van der Waals surface area contributed by atoms with Crippen LogP contribution in [0.25, 0.3) is 10.9 Å². The van der Waals surface area contributed by atoms with Crippen molar-refractivity contribution >= 4 is 16.8 Å². The van der Waals surface area contributed by atoms with Gasteiger partial charge in [-0.3, -0.25) is 9.59 Å². The molecule has 1 fully saturated rings. The Morgan fingerprint density at radius 3 is 2.00 bits per heavy atom. The number of likely N-dealkylation sites (tertiary alicyclic amines) is 1. The van der Waals surface area contributed by atoms with Gasteiger partial charge in [-0.25, -0.2) is 0 Å². The number of rotatable bonds is 1. The average Bonchev–Trinajstić information content (AvgIpc) is 2.83. The van der Waals surface area contributed by atoms with Crippen molar-refractivity contribution in [1.82, 2.24) is 9.88 Å². The van der Waals surface area contributed by atoms with Gasteiger partial charge in [-0.05, 0) is 25.2 Å². The van der Waals surface area contributed by atoms with Gasteiger partial charge in [0.05, 0.1) is 0 Å². The van der Waals surface area contributed by atoms with E-state index in [1.165, 1.54) is 6.07 Å². The molecule has 1 saturated heterocycles. The van der Waals surface area contributed by atoms with Crippen molar-refractivity contribution in [3.8, 4) is 0 Å². The molecule has 0 unspecified atom stereocenters. The number of piperidine rings is 1. The summed E-state index contributed by atoms with van der Waals surface area (Å²) in [5.74, 6) is -0.0871. The molecule has 0 atom stereocenters. The van der Waals surface area contributed by atoms with Crippen LogP contribution in [0.2, 0.25) is 0 Å². The Morgan fingerprint density at radius 2 is 1.52 bits per heavy atom. The van der Waals surface area contributed by atoms with Crippen LogP contribution < -0.4 is 5.43 Å². The first-order valence-corrected chi connectivity index (χ1v) is 10.4. The van der Waals surface area contributed by atoms with E-state index in [1.54, 1.807) is 11.0 Å². The van der Waals surface area contributed by atoms with Crippen LogP contribution in [-0.2, 0) is 72.3 Å². The van der Waals surface area contributed by atoms with Gasteiger partial charge < -0.3 is 23.7 Å². The van der Waals surface area contributed by atoms with Crippen molar-refractivity contribution in [2.75, 3.05) is 13.1 Å². The van der Waals surface area contributed by atoms with E-state index in [-0.39, 0.29) is 91.1 Å². The Hall–Kier alpha value is -0.503.